The summed E-state index contributed by atoms with van der Waals surface area (Å²) in [5.41, 5.74) is 5.31. The molecule has 10 nitrogen and oxygen atoms in total. The number of hydrogen-bond acceptors (Lipinski definition) is 6. The van der Waals surface area contributed by atoms with Gasteiger partial charge in [0.25, 0.3) is 0 Å². The summed E-state index contributed by atoms with van der Waals surface area (Å²) in [6, 6.07) is 10.4. The van der Waals surface area contributed by atoms with E-state index in [1.165, 1.54) is 0 Å². The van der Waals surface area contributed by atoms with E-state index in [4.69, 9.17) is 15.9 Å². The van der Waals surface area contributed by atoms with Gasteiger partial charge in [-0.2, -0.15) is 0 Å². The van der Waals surface area contributed by atoms with Gasteiger partial charge in [0.1, 0.15) is 11.6 Å². The molecule has 0 spiro atoms. The first-order valence-electron chi connectivity index (χ1n) is 10.5. The first-order valence-corrected chi connectivity index (χ1v) is 11.4. The second kappa shape index (κ2) is 11.9. The number of amides is 3. The van der Waals surface area contributed by atoms with E-state index < -0.39 is 54.1 Å². The Morgan fingerprint density at radius 1 is 1.03 bits per heavy atom. The van der Waals surface area contributed by atoms with E-state index in [9.17, 15) is 24.0 Å². The second-order valence-corrected chi connectivity index (χ2v) is 8.93. The standard InChI is InChI=1S/C23H27N3O7S/c1-23(22(24)33,13-20(30)31)26-21(32)16(9-11-19(28)29)25-18(27)10-6-14-4-7-15(8-5-14)17-3-2-12-34-17/h2-5,7-8,12,16H,6,9-11,13H2,1H3,(H2,24,33)(H,25,27)(H,26,32)(H,28,29)(H,30,31)/t16-,23-/m0/s1. The van der Waals surface area contributed by atoms with Gasteiger partial charge in [0.2, 0.25) is 17.7 Å². The first kappa shape index (κ1) is 26.5. The highest BCUT2D eigenvalue weighted by molar-refractivity contribution is 7.13. The summed E-state index contributed by atoms with van der Waals surface area (Å²) in [7, 11) is 0. The molecule has 2 rings (SSSR count). The zero-order valence-corrected chi connectivity index (χ0v) is 19.4. The van der Waals surface area contributed by atoms with Gasteiger partial charge in [0.15, 0.2) is 0 Å². The van der Waals surface area contributed by atoms with Crippen LogP contribution >= 0.6 is 11.3 Å². The molecular formula is C23H27N3O7S. The van der Waals surface area contributed by atoms with Crippen molar-refractivity contribution in [3.63, 3.8) is 0 Å². The maximum absolute atomic E-state index is 12.7. The number of benzene rings is 1. The molecule has 3 amide bonds. The molecule has 2 atom stereocenters. The summed E-state index contributed by atoms with van der Waals surface area (Å²) in [5, 5.41) is 24.7. The highest BCUT2D eigenvalue weighted by atomic mass is 32.1. The molecule has 1 heterocycles. The third kappa shape index (κ3) is 8.00. The Morgan fingerprint density at radius 2 is 1.71 bits per heavy atom. The maximum atomic E-state index is 12.7. The van der Waals surface area contributed by atoms with Gasteiger partial charge in [-0.05, 0) is 42.3 Å². The smallest absolute Gasteiger partial charge is 0.306 e. The molecule has 2 aromatic rings. The zero-order chi connectivity index (χ0) is 25.3. The summed E-state index contributed by atoms with van der Waals surface area (Å²) in [6.45, 7) is 1.15. The van der Waals surface area contributed by atoms with Crippen LogP contribution in [-0.4, -0.2) is 51.5 Å². The molecule has 11 heteroatoms. The molecule has 0 aliphatic rings. The van der Waals surface area contributed by atoms with E-state index in [1.54, 1.807) is 11.3 Å². The summed E-state index contributed by atoms with van der Waals surface area (Å²) < 4.78 is 0. The van der Waals surface area contributed by atoms with Crippen LogP contribution in [0.15, 0.2) is 41.8 Å². The van der Waals surface area contributed by atoms with Crippen molar-refractivity contribution in [3.8, 4) is 10.4 Å². The number of carbonyl (C=O) groups excluding carboxylic acids is 3. The number of carbonyl (C=O) groups is 5. The van der Waals surface area contributed by atoms with E-state index in [-0.39, 0.29) is 12.8 Å². The fourth-order valence-corrected chi connectivity index (χ4v) is 3.93. The number of rotatable bonds is 13. The Balaban J connectivity index is 2.01. The van der Waals surface area contributed by atoms with Gasteiger partial charge in [-0.25, -0.2) is 0 Å². The predicted molar refractivity (Wildman–Crippen MR) is 125 cm³/mol. The van der Waals surface area contributed by atoms with Crippen LogP contribution < -0.4 is 16.4 Å². The minimum absolute atomic E-state index is 0.0391. The lowest BCUT2D eigenvalue weighted by Crippen LogP contribution is -2.60. The van der Waals surface area contributed by atoms with Crippen molar-refractivity contribution in [2.45, 2.75) is 50.6 Å². The van der Waals surface area contributed by atoms with Crippen molar-refractivity contribution in [1.29, 1.82) is 0 Å². The number of thiophene rings is 1. The minimum Gasteiger partial charge on any atom is -0.481 e. The zero-order valence-electron chi connectivity index (χ0n) is 18.6. The highest BCUT2D eigenvalue weighted by Gasteiger charge is 2.37. The Bertz CT molecular complexity index is 1040. The molecule has 0 fully saturated rings. The van der Waals surface area contributed by atoms with E-state index in [1.807, 2.05) is 41.8 Å². The van der Waals surface area contributed by atoms with Gasteiger partial charge in [0, 0.05) is 17.7 Å². The van der Waals surface area contributed by atoms with Crippen molar-refractivity contribution in [2.75, 3.05) is 0 Å². The van der Waals surface area contributed by atoms with Gasteiger partial charge in [-0.1, -0.05) is 30.3 Å². The first-order chi connectivity index (χ1) is 16.0. The Hall–Kier alpha value is -3.73. The second-order valence-electron chi connectivity index (χ2n) is 7.98. The molecular weight excluding hydrogens is 462 g/mol. The lowest BCUT2D eigenvalue weighted by molar-refractivity contribution is -0.143. The van der Waals surface area contributed by atoms with Crippen molar-refractivity contribution in [3.05, 3.63) is 47.3 Å². The van der Waals surface area contributed by atoms with E-state index in [2.05, 4.69) is 10.6 Å². The van der Waals surface area contributed by atoms with Crippen molar-refractivity contribution >= 4 is 41.0 Å². The lowest BCUT2D eigenvalue weighted by atomic mass is 9.96. The van der Waals surface area contributed by atoms with Crippen LogP contribution in [0, 0.1) is 0 Å². The number of aliphatic carboxylic acids is 2. The average Bonchev–Trinajstić information content (AvgIpc) is 3.29. The highest BCUT2D eigenvalue weighted by Crippen LogP contribution is 2.24. The van der Waals surface area contributed by atoms with E-state index in [0.29, 0.717) is 6.42 Å². The van der Waals surface area contributed by atoms with Gasteiger partial charge < -0.3 is 26.6 Å². The number of hydrogen-bond donors (Lipinski definition) is 5. The molecule has 34 heavy (non-hydrogen) atoms. The topological polar surface area (TPSA) is 176 Å². The van der Waals surface area contributed by atoms with Crippen molar-refractivity contribution < 1.29 is 34.2 Å². The minimum atomic E-state index is -1.90. The third-order valence-corrected chi connectivity index (χ3v) is 6.07. The molecule has 0 saturated carbocycles. The Morgan fingerprint density at radius 3 is 2.24 bits per heavy atom. The number of primary amides is 1. The predicted octanol–water partition coefficient (Wildman–Crippen LogP) is 1.53. The Kier molecular flexibility index (Phi) is 9.31. The fourth-order valence-electron chi connectivity index (χ4n) is 3.19. The van der Waals surface area contributed by atoms with Gasteiger partial charge in [0.05, 0.1) is 6.42 Å². The van der Waals surface area contributed by atoms with Crippen LogP contribution in [0.5, 0.6) is 0 Å². The number of carboxylic acid groups (broad SMARTS) is 2. The number of aryl methyl sites for hydroxylation is 1. The molecule has 0 bridgehead atoms. The maximum Gasteiger partial charge on any atom is 0.306 e. The summed E-state index contributed by atoms with van der Waals surface area (Å²) in [6.07, 6.45) is -1.01. The monoisotopic (exact) mass is 489 g/mol. The average molecular weight is 490 g/mol. The molecule has 0 saturated heterocycles. The molecule has 1 aromatic carbocycles. The molecule has 1 aromatic heterocycles. The van der Waals surface area contributed by atoms with Gasteiger partial charge in [-0.15, -0.1) is 11.3 Å². The summed E-state index contributed by atoms with van der Waals surface area (Å²) in [4.78, 5) is 60.1. The molecule has 0 radical (unpaired) electrons. The third-order valence-electron chi connectivity index (χ3n) is 5.15. The van der Waals surface area contributed by atoms with Crippen LogP contribution in [0.25, 0.3) is 10.4 Å². The van der Waals surface area contributed by atoms with Crippen LogP contribution in [0.4, 0.5) is 0 Å². The molecule has 6 N–H and O–H groups in total. The van der Waals surface area contributed by atoms with Crippen molar-refractivity contribution in [2.24, 2.45) is 5.73 Å². The van der Waals surface area contributed by atoms with Crippen LogP contribution in [-0.2, 0) is 30.4 Å². The largest absolute Gasteiger partial charge is 0.481 e. The van der Waals surface area contributed by atoms with Gasteiger partial charge >= 0.3 is 11.9 Å². The molecule has 0 unspecified atom stereocenters. The SMILES string of the molecule is C[C@@](CC(=O)O)(NC(=O)[C@H](CCC(=O)O)NC(=O)CCc1ccc(-c2cccs2)cc1)C(N)=O. The van der Waals surface area contributed by atoms with Crippen LogP contribution in [0.3, 0.4) is 0 Å². The van der Waals surface area contributed by atoms with Crippen LogP contribution in [0.1, 0.15) is 38.2 Å². The quantitative estimate of drug-likeness (QED) is 0.283. The van der Waals surface area contributed by atoms with E-state index in [0.717, 1.165) is 22.9 Å². The van der Waals surface area contributed by atoms with Gasteiger partial charge in [-0.3, -0.25) is 24.0 Å². The fraction of sp³-hybridized carbons (Fsp3) is 0.348. The Labute approximate surface area is 200 Å². The molecule has 0 aliphatic carbocycles. The molecule has 182 valence electrons. The lowest BCUT2D eigenvalue weighted by Gasteiger charge is -2.28. The number of carboxylic acids is 2. The van der Waals surface area contributed by atoms with Crippen molar-refractivity contribution in [1.82, 2.24) is 10.6 Å². The molecule has 0 aliphatic heterocycles. The number of nitrogens with two attached hydrogens (primary N) is 1. The summed E-state index contributed by atoms with van der Waals surface area (Å²) >= 11 is 1.62. The van der Waals surface area contributed by atoms with Crippen LogP contribution in [0.2, 0.25) is 0 Å². The summed E-state index contributed by atoms with van der Waals surface area (Å²) in [5.74, 6) is -5.00. The number of nitrogens with one attached hydrogen (secondary N) is 2. The van der Waals surface area contributed by atoms with E-state index >= 15 is 0 Å². The normalized spacial score (nSPS) is 13.3.